The van der Waals surface area contributed by atoms with Crippen LogP contribution in [0.1, 0.15) is 51.0 Å². The number of piperazine rings is 1. The van der Waals surface area contributed by atoms with Gasteiger partial charge in [-0.15, -0.1) is 0 Å². The normalized spacial score (nSPS) is 16.3. The SMILES string of the molecule is C[C@@H](Nc1ccc(N2CCN(Cc3ccccc3)CC2)cc1)c1nc(C(C)(C)C)no1. The van der Waals surface area contributed by atoms with Crippen LogP contribution in [0.15, 0.2) is 59.1 Å². The zero-order valence-electron chi connectivity index (χ0n) is 19.0. The third kappa shape index (κ3) is 5.44. The van der Waals surface area contributed by atoms with E-state index >= 15 is 0 Å². The molecule has 31 heavy (non-hydrogen) atoms. The quantitative estimate of drug-likeness (QED) is 0.616. The Hall–Kier alpha value is -2.86. The van der Waals surface area contributed by atoms with E-state index in [4.69, 9.17) is 4.52 Å². The number of hydrogen-bond acceptors (Lipinski definition) is 6. The van der Waals surface area contributed by atoms with E-state index < -0.39 is 0 Å². The standard InChI is InChI=1S/C25H33N5O/c1-19(23-27-24(28-31-23)25(2,3)4)26-21-10-12-22(13-11-21)30-16-14-29(15-17-30)18-20-8-6-5-7-9-20/h5-13,19,26H,14-18H2,1-4H3/t19-/m1/s1. The summed E-state index contributed by atoms with van der Waals surface area (Å²) in [5, 5.41) is 7.59. The van der Waals surface area contributed by atoms with E-state index in [2.05, 4.69) is 101 Å². The largest absolute Gasteiger partial charge is 0.374 e. The lowest BCUT2D eigenvalue weighted by molar-refractivity contribution is 0.250. The van der Waals surface area contributed by atoms with Gasteiger partial charge in [0.05, 0.1) is 0 Å². The van der Waals surface area contributed by atoms with Crippen molar-refractivity contribution < 1.29 is 4.52 Å². The highest BCUT2D eigenvalue weighted by Crippen LogP contribution is 2.25. The predicted molar refractivity (Wildman–Crippen MR) is 125 cm³/mol. The molecule has 6 nitrogen and oxygen atoms in total. The second-order valence-corrected chi connectivity index (χ2v) is 9.37. The van der Waals surface area contributed by atoms with Gasteiger partial charge in [-0.3, -0.25) is 4.90 Å². The number of nitrogens with one attached hydrogen (secondary N) is 1. The summed E-state index contributed by atoms with van der Waals surface area (Å²) in [7, 11) is 0. The van der Waals surface area contributed by atoms with Crippen molar-refractivity contribution in [2.75, 3.05) is 36.4 Å². The molecule has 0 saturated carbocycles. The van der Waals surface area contributed by atoms with E-state index in [-0.39, 0.29) is 11.5 Å². The van der Waals surface area contributed by atoms with Gasteiger partial charge >= 0.3 is 0 Å². The number of nitrogens with zero attached hydrogens (tertiary/aromatic N) is 4. The molecular formula is C25H33N5O. The first-order chi connectivity index (χ1) is 14.9. The van der Waals surface area contributed by atoms with Gasteiger partial charge < -0.3 is 14.7 Å². The predicted octanol–water partition coefficient (Wildman–Crippen LogP) is 4.86. The molecule has 1 N–H and O–H groups in total. The highest BCUT2D eigenvalue weighted by atomic mass is 16.5. The first-order valence-corrected chi connectivity index (χ1v) is 11.1. The topological polar surface area (TPSA) is 57.4 Å². The molecule has 0 bridgehead atoms. The second kappa shape index (κ2) is 9.10. The van der Waals surface area contributed by atoms with Crippen LogP contribution in [0.25, 0.3) is 0 Å². The smallest absolute Gasteiger partial charge is 0.248 e. The molecule has 1 atom stereocenters. The Bertz CT molecular complexity index is 954. The minimum Gasteiger partial charge on any atom is -0.374 e. The first-order valence-electron chi connectivity index (χ1n) is 11.1. The Morgan fingerprint density at radius 3 is 2.26 bits per heavy atom. The first kappa shape index (κ1) is 21.4. The lowest BCUT2D eigenvalue weighted by Crippen LogP contribution is -2.45. The number of hydrogen-bond donors (Lipinski definition) is 1. The van der Waals surface area contributed by atoms with Gasteiger partial charge in [-0.05, 0) is 36.8 Å². The molecule has 2 aromatic carbocycles. The third-order valence-electron chi connectivity index (χ3n) is 5.72. The molecule has 0 aliphatic carbocycles. The zero-order valence-corrected chi connectivity index (χ0v) is 19.0. The molecular weight excluding hydrogens is 386 g/mol. The van der Waals surface area contributed by atoms with Crippen molar-refractivity contribution in [2.45, 2.75) is 45.7 Å². The van der Waals surface area contributed by atoms with Gasteiger partial charge in [0.25, 0.3) is 0 Å². The van der Waals surface area contributed by atoms with Crippen molar-refractivity contribution in [2.24, 2.45) is 0 Å². The Labute approximate surface area is 185 Å². The van der Waals surface area contributed by atoms with Crippen LogP contribution in [0, 0.1) is 0 Å². The molecule has 2 heterocycles. The molecule has 0 spiro atoms. The summed E-state index contributed by atoms with van der Waals surface area (Å²) in [6, 6.07) is 19.3. The van der Waals surface area contributed by atoms with Crippen molar-refractivity contribution in [1.82, 2.24) is 15.0 Å². The lowest BCUT2D eigenvalue weighted by Gasteiger charge is -2.36. The van der Waals surface area contributed by atoms with Gasteiger partial charge in [-0.2, -0.15) is 4.98 Å². The molecule has 164 valence electrons. The second-order valence-electron chi connectivity index (χ2n) is 9.37. The average Bonchev–Trinajstić information content (AvgIpc) is 3.27. The number of benzene rings is 2. The summed E-state index contributed by atoms with van der Waals surface area (Å²) >= 11 is 0. The van der Waals surface area contributed by atoms with Gasteiger partial charge in [0.15, 0.2) is 5.82 Å². The van der Waals surface area contributed by atoms with Gasteiger partial charge in [-0.1, -0.05) is 56.3 Å². The minimum absolute atomic E-state index is 0.0454. The third-order valence-corrected chi connectivity index (χ3v) is 5.72. The molecule has 3 aromatic rings. The van der Waals surface area contributed by atoms with Crippen LogP contribution in [-0.4, -0.2) is 41.2 Å². The number of anilines is 2. The molecule has 6 heteroatoms. The van der Waals surface area contributed by atoms with Gasteiger partial charge in [0.1, 0.15) is 6.04 Å². The highest BCUT2D eigenvalue weighted by Gasteiger charge is 2.23. The number of aromatic nitrogens is 2. The Kier molecular flexibility index (Phi) is 6.28. The fourth-order valence-electron chi connectivity index (χ4n) is 3.80. The zero-order chi connectivity index (χ0) is 21.8. The highest BCUT2D eigenvalue weighted by molar-refractivity contribution is 5.55. The maximum atomic E-state index is 5.46. The van der Waals surface area contributed by atoms with Crippen molar-refractivity contribution in [3.8, 4) is 0 Å². The molecule has 1 aliphatic heterocycles. The number of rotatable bonds is 6. The summed E-state index contributed by atoms with van der Waals surface area (Å²) in [6.45, 7) is 13.6. The van der Waals surface area contributed by atoms with Gasteiger partial charge in [0.2, 0.25) is 5.89 Å². The van der Waals surface area contributed by atoms with Crippen LogP contribution in [0.2, 0.25) is 0 Å². The summed E-state index contributed by atoms with van der Waals surface area (Å²) in [5.41, 5.74) is 3.59. The Morgan fingerprint density at radius 2 is 1.65 bits per heavy atom. The lowest BCUT2D eigenvalue weighted by atomic mass is 9.96. The Morgan fingerprint density at radius 1 is 0.968 bits per heavy atom. The van der Waals surface area contributed by atoms with Crippen LogP contribution in [0.3, 0.4) is 0 Å². The van der Waals surface area contributed by atoms with E-state index in [9.17, 15) is 0 Å². The van der Waals surface area contributed by atoms with E-state index in [1.165, 1.54) is 11.3 Å². The van der Waals surface area contributed by atoms with E-state index in [0.29, 0.717) is 5.89 Å². The molecule has 1 aliphatic rings. The molecule has 0 radical (unpaired) electrons. The summed E-state index contributed by atoms with van der Waals surface area (Å²) in [4.78, 5) is 9.54. The van der Waals surface area contributed by atoms with Crippen molar-refractivity contribution in [3.63, 3.8) is 0 Å². The van der Waals surface area contributed by atoms with Crippen LogP contribution in [-0.2, 0) is 12.0 Å². The fourth-order valence-corrected chi connectivity index (χ4v) is 3.80. The van der Waals surface area contributed by atoms with E-state index in [1.807, 2.05) is 6.92 Å². The van der Waals surface area contributed by atoms with Crippen molar-refractivity contribution >= 4 is 11.4 Å². The van der Waals surface area contributed by atoms with Crippen LogP contribution < -0.4 is 10.2 Å². The van der Waals surface area contributed by atoms with Crippen LogP contribution in [0.4, 0.5) is 11.4 Å². The molecule has 0 unspecified atom stereocenters. The Balaban J connectivity index is 1.30. The summed E-state index contributed by atoms with van der Waals surface area (Å²) in [5.74, 6) is 1.35. The maximum absolute atomic E-state index is 5.46. The summed E-state index contributed by atoms with van der Waals surface area (Å²) in [6.07, 6.45) is 0. The van der Waals surface area contributed by atoms with E-state index in [0.717, 1.165) is 44.2 Å². The van der Waals surface area contributed by atoms with Crippen LogP contribution in [0.5, 0.6) is 0 Å². The van der Waals surface area contributed by atoms with E-state index in [1.54, 1.807) is 0 Å². The fraction of sp³-hybridized carbons (Fsp3) is 0.440. The van der Waals surface area contributed by atoms with Gasteiger partial charge in [0, 0.05) is 49.5 Å². The monoisotopic (exact) mass is 419 g/mol. The molecule has 1 saturated heterocycles. The minimum atomic E-state index is -0.117. The van der Waals surface area contributed by atoms with Crippen LogP contribution >= 0.6 is 0 Å². The molecule has 0 amide bonds. The molecule has 1 aromatic heterocycles. The van der Waals surface area contributed by atoms with Crippen molar-refractivity contribution in [3.05, 3.63) is 71.9 Å². The maximum Gasteiger partial charge on any atom is 0.248 e. The molecule has 1 fully saturated rings. The molecule has 4 rings (SSSR count). The van der Waals surface area contributed by atoms with Gasteiger partial charge in [-0.25, -0.2) is 0 Å². The summed E-state index contributed by atoms with van der Waals surface area (Å²) < 4.78 is 5.46. The van der Waals surface area contributed by atoms with Crippen molar-refractivity contribution in [1.29, 1.82) is 0 Å². The average molecular weight is 420 g/mol.